The summed E-state index contributed by atoms with van der Waals surface area (Å²) in [4.78, 5) is 27.9. The third-order valence-electron chi connectivity index (χ3n) is 3.75. The summed E-state index contributed by atoms with van der Waals surface area (Å²) in [7, 11) is 0. The van der Waals surface area contributed by atoms with Crippen LogP contribution in [-0.2, 0) is 4.79 Å². The van der Waals surface area contributed by atoms with Crippen LogP contribution in [0.15, 0.2) is 12.1 Å². The van der Waals surface area contributed by atoms with E-state index in [1.165, 1.54) is 6.07 Å². The predicted octanol–water partition coefficient (Wildman–Crippen LogP) is 1.67. The van der Waals surface area contributed by atoms with Crippen molar-refractivity contribution in [1.82, 2.24) is 15.6 Å². The molecule has 118 valence electrons. The Kier molecular flexibility index (Phi) is 4.47. The van der Waals surface area contributed by atoms with E-state index in [4.69, 9.17) is 16.3 Å². The number of pyridine rings is 1. The molecule has 0 aliphatic heterocycles. The number of amides is 2. The third kappa shape index (κ3) is 3.88. The van der Waals surface area contributed by atoms with E-state index in [0.29, 0.717) is 5.56 Å². The van der Waals surface area contributed by atoms with Gasteiger partial charge in [0.15, 0.2) is 0 Å². The van der Waals surface area contributed by atoms with Crippen LogP contribution in [0.5, 0.6) is 5.88 Å². The summed E-state index contributed by atoms with van der Waals surface area (Å²) in [5.41, 5.74) is 0.301. The number of aromatic nitrogens is 1. The third-order valence-corrected chi connectivity index (χ3v) is 3.96. The normalized spacial score (nSPS) is 17.5. The molecule has 1 aromatic rings. The van der Waals surface area contributed by atoms with E-state index < -0.39 is 0 Å². The van der Waals surface area contributed by atoms with Gasteiger partial charge in [0.2, 0.25) is 11.8 Å². The van der Waals surface area contributed by atoms with Crippen LogP contribution in [0, 0.1) is 0 Å². The molecule has 2 saturated carbocycles. The van der Waals surface area contributed by atoms with E-state index in [2.05, 4.69) is 15.6 Å². The number of carbonyl (C=O) groups is 2. The highest BCUT2D eigenvalue weighted by Gasteiger charge is 2.25. The minimum atomic E-state index is -0.385. The summed E-state index contributed by atoms with van der Waals surface area (Å²) in [5, 5.41) is 5.68. The molecule has 2 aliphatic rings. The maximum Gasteiger partial charge on any atom is 0.257 e. The largest absolute Gasteiger partial charge is 0.474 e. The minimum absolute atomic E-state index is 0.0547. The Morgan fingerprint density at radius 1 is 1.27 bits per heavy atom. The highest BCUT2D eigenvalue weighted by atomic mass is 35.5. The van der Waals surface area contributed by atoms with Crippen LogP contribution >= 0.6 is 11.6 Å². The number of nitrogens with one attached hydrogen (secondary N) is 2. The van der Waals surface area contributed by atoms with Gasteiger partial charge < -0.3 is 15.4 Å². The molecular formula is C15H18ClN3O3. The van der Waals surface area contributed by atoms with Crippen LogP contribution in [0.2, 0.25) is 5.15 Å². The van der Waals surface area contributed by atoms with Gasteiger partial charge in [-0.3, -0.25) is 9.59 Å². The first kappa shape index (κ1) is 15.1. The Balaban J connectivity index is 1.61. The average molecular weight is 324 g/mol. The minimum Gasteiger partial charge on any atom is -0.474 e. The van der Waals surface area contributed by atoms with Crippen molar-refractivity contribution in [1.29, 1.82) is 0 Å². The van der Waals surface area contributed by atoms with Crippen molar-refractivity contribution in [2.24, 2.45) is 0 Å². The van der Waals surface area contributed by atoms with E-state index in [1.807, 2.05) is 0 Å². The molecule has 0 atom stereocenters. The quantitative estimate of drug-likeness (QED) is 0.780. The van der Waals surface area contributed by atoms with E-state index in [-0.39, 0.29) is 41.5 Å². The van der Waals surface area contributed by atoms with Crippen molar-refractivity contribution < 1.29 is 14.3 Å². The zero-order valence-electron chi connectivity index (χ0n) is 12.1. The van der Waals surface area contributed by atoms with Gasteiger partial charge in [0.1, 0.15) is 16.8 Å². The first-order valence-electron chi connectivity index (χ1n) is 7.52. The standard InChI is InChI=1S/C15H18ClN3O3/c16-12-7-6-11(15(19-12)22-10-2-1-3-10)14(21)17-8-13(20)18-9-4-5-9/h6-7,9-10H,1-5,8H2,(H,17,21)(H,18,20). The fourth-order valence-corrected chi connectivity index (χ4v) is 2.23. The molecule has 3 rings (SSSR count). The molecule has 0 saturated heterocycles. The molecule has 1 aromatic heterocycles. The Bertz CT molecular complexity index is 585. The van der Waals surface area contributed by atoms with Crippen molar-refractivity contribution in [3.8, 4) is 5.88 Å². The summed E-state index contributed by atoms with van der Waals surface area (Å²) >= 11 is 5.87. The van der Waals surface area contributed by atoms with Gasteiger partial charge in [0.05, 0.1) is 6.54 Å². The van der Waals surface area contributed by atoms with Gasteiger partial charge in [-0.25, -0.2) is 4.98 Å². The lowest BCUT2D eigenvalue weighted by Crippen LogP contribution is -2.38. The van der Waals surface area contributed by atoms with Crippen molar-refractivity contribution in [3.63, 3.8) is 0 Å². The molecule has 7 heteroatoms. The van der Waals surface area contributed by atoms with E-state index in [9.17, 15) is 9.59 Å². The van der Waals surface area contributed by atoms with Crippen LogP contribution in [0.3, 0.4) is 0 Å². The van der Waals surface area contributed by atoms with Gasteiger partial charge in [-0.1, -0.05) is 11.6 Å². The number of hydrogen-bond donors (Lipinski definition) is 2. The SMILES string of the molecule is O=C(CNC(=O)c1ccc(Cl)nc1OC1CCC1)NC1CC1. The van der Waals surface area contributed by atoms with Gasteiger partial charge in [0.25, 0.3) is 5.91 Å². The lowest BCUT2D eigenvalue weighted by molar-refractivity contribution is -0.120. The fraction of sp³-hybridized carbons (Fsp3) is 0.533. The van der Waals surface area contributed by atoms with Gasteiger partial charge in [-0.05, 0) is 44.2 Å². The van der Waals surface area contributed by atoms with Gasteiger partial charge in [-0.15, -0.1) is 0 Å². The number of halogens is 1. The number of hydrogen-bond acceptors (Lipinski definition) is 4. The summed E-state index contributed by atoms with van der Waals surface area (Å²) < 4.78 is 5.71. The van der Waals surface area contributed by atoms with Gasteiger partial charge >= 0.3 is 0 Å². The van der Waals surface area contributed by atoms with Crippen molar-refractivity contribution in [2.45, 2.75) is 44.2 Å². The Morgan fingerprint density at radius 2 is 2.05 bits per heavy atom. The van der Waals surface area contributed by atoms with Crippen LogP contribution in [-0.4, -0.2) is 35.5 Å². The first-order valence-corrected chi connectivity index (χ1v) is 7.90. The molecule has 0 aromatic carbocycles. The highest BCUT2D eigenvalue weighted by molar-refractivity contribution is 6.29. The second kappa shape index (κ2) is 6.52. The fourth-order valence-electron chi connectivity index (χ4n) is 2.09. The summed E-state index contributed by atoms with van der Waals surface area (Å²) in [6, 6.07) is 3.38. The number of ether oxygens (including phenoxy) is 1. The van der Waals surface area contributed by atoms with E-state index in [0.717, 1.165) is 32.1 Å². The number of carbonyl (C=O) groups excluding carboxylic acids is 2. The van der Waals surface area contributed by atoms with Crippen LogP contribution in [0.25, 0.3) is 0 Å². The Morgan fingerprint density at radius 3 is 2.68 bits per heavy atom. The number of rotatable bonds is 6. The van der Waals surface area contributed by atoms with E-state index in [1.54, 1.807) is 6.07 Å². The first-order chi connectivity index (χ1) is 10.6. The monoisotopic (exact) mass is 323 g/mol. The number of nitrogens with zero attached hydrogens (tertiary/aromatic N) is 1. The van der Waals surface area contributed by atoms with Crippen molar-refractivity contribution >= 4 is 23.4 Å². The van der Waals surface area contributed by atoms with Crippen LogP contribution < -0.4 is 15.4 Å². The molecule has 2 fully saturated rings. The lowest BCUT2D eigenvalue weighted by Gasteiger charge is -2.26. The second-order valence-electron chi connectivity index (χ2n) is 5.68. The summed E-state index contributed by atoms with van der Waals surface area (Å²) in [6.45, 7) is -0.0547. The molecule has 22 heavy (non-hydrogen) atoms. The molecule has 0 radical (unpaired) electrons. The van der Waals surface area contributed by atoms with Crippen LogP contribution in [0.1, 0.15) is 42.5 Å². The summed E-state index contributed by atoms with van der Waals surface area (Å²) in [6.07, 6.45) is 5.16. The molecular weight excluding hydrogens is 306 g/mol. The molecule has 2 amide bonds. The van der Waals surface area contributed by atoms with Gasteiger partial charge in [-0.2, -0.15) is 0 Å². The van der Waals surface area contributed by atoms with Crippen molar-refractivity contribution in [2.75, 3.05) is 6.54 Å². The molecule has 2 N–H and O–H groups in total. The highest BCUT2D eigenvalue weighted by Crippen LogP contribution is 2.27. The smallest absolute Gasteiger partial charge is 0.257 e. The zero-order valence-corrected chi connectivity index (χ0v) is 12.9. The van der Waals surface area contributed by atoms with Crippen molar-refractivity contribution in [3.05, 3.63) is 22.8 Å². The van der Waals surface area contributed by atoms with Crippen LogP contribution in [0.4, 0.5) is 0 Å². The predicted molar refractivity (Wildman–Crippen MR) is 81.0 cm³/mol. The Hall–Kier alpha value is -1.82. The zero-order chi connectivity index (χ0) is 15.5. The topological polar surface area (TPSA) is 80.3 Å². The maximum absolute atomic E-state index is 12.2. The molecule has 0 spiro atoms. The Labute approximate surface area is 133 Å². The maximum atomic E-state index is 12.2. The average Bonchev–Trinajstić information content (AvgIpc) is 3.24. The molecule has 6 nitrogen and oxygen atoms in total. The van der Waals surface area contributed by atoms with E-state index >= 15 is 0 Å². The molecule has 2 aliphatic carbocycles. The van der Waals surface area contributed by atoms with Gasteiger partial charge in [0, 0.05) is 6.04 Å². The second-order valence-corrected chi connectivity index (χ2v) is 6.07. The lowest BCUT2D eigenvalue weighted by atomic mass is 9.96. The molecule has 1 heterocycles. The summed E-state index contributed by atoms with van der Waals surface area (Å²) in [5.74, 6) is -0.332. The molecule has 0 bridgehead atoms. The molecule has 0 unspecified atom stereocenters.